The van der Waals surface area contributed by atoms with Crippen molar-refractivity contribution in [3.63, 3.8) is 0 Å². The first-order valence-corrected chi connectivity index (χ1v) is 7.24. The number of alkyl halides is 1. The van der Waals surface area contributed by atoms with Crippen molar-refractivity contribution in [3.05, 3.63) is 0 Å². The second-order valence-corrected chi connectivity index (χ2v) is 5.38. The lowest BCUT2D eigenvalue weighted by molar-refractivity contribution is -0.119. The Kier molecular flexibility index (Phi) is 8.97. The highest BCUT2D eigenvalue weighted by atomic mass is 79.9. The number of aliphatic hydroxyl groups is 1. The SMILES string of the molecule is CC(=O)NCCSC(=O)[C@@H](C)[C@H](O)CCBr. The molecule has 0 aromatic rings. The van der Waals surface area contributed by atoms with Gasteiger partial charge in [0, 0.05) is 24.6 Å². The predicted octanol–water partition coefficient (Wildman–Crippen LogP) is 1.16. The average molecular weight is 312 g/mol. The minimum atomic E-state index is -0.597. The first-order valence-electron chi connectivity index (χ1n) is 5.14. The van der Waals surface area contributed by atoms with Crippen molar-refractivity contribution in [3.8, 4) is 0 Å². The van der Waals surface area contributed by atoms with Gasteiger partial charge in [0.1, 0.15) is 0 Å². The van der Waals surface area contributed by atoms with Crippen molar-refractivity contribution in [2.75, 3.05) is 17.6 Å². The van der Waals surface area contributed by atoms with Gasteiger partial charge in [-0.05, 0) is 6.42 Å². The minimum Gasteiger partial charge on any atom is -0.392 e. The van der Waals surface area contributed by atoms with E-state index in [1.165, 1.54) is 6.92 Å². The zero-order chi connectivity index (χ0) is 12.6. The number of rotatable bonds is 7. The molecule has 0 aliphatic rings. The van der Waals surface area contributed by atoms with Gasteiger partial charge in [0.05, 0.1) is 12.0 Å². The molecule has 16 heavy (non-hydrogen) atoms. The van der Waals surface area contributed by atoms with Crippen LogP contribution < -0.4 is 5.32 Å². The van der Waals surface area contributed by atoms with E-state index in [4.69, 9.17) is 0 Å². The number of hydrogen-bond donors (Lipinski definition) is 2. The summed E-state index contributed by atoms with van der Waals surface area (Å²) in [5, 5.41) is 12.9. The fourth-order valence-corrected chi connectivity index (χ4v) is 2.32. The average Bonchev–Trinajstić information content (AvgIpc) is 2.23. The molecule has 0 saturated carbocycles. The van der Waals surface area contributed by atoms with Crippen LogP contribution in [0, 0.1) is 5.92 Å². The van der Waals surface area contributed by atoms with E-state index in [0.29, 0.717) is 24.0 Å². The van der Waals surface area contributed by atoms with E-state index in [9.17, 15) is 14.7 Å². The molecule has 2 atom stereocenters. The Hall–Kier alpha value is -0.0700. The number of carbonyl (C=O) groups is 2. The molecule has 2 N–H and O–H groups in total. The molecule has 0 rings (SSSR count). The second-order valence-electron chi connectivity index (χ2n) is 3.48. The number of halogens is 1. The predicted molar refractivity (Wildman–Crippen MR) is 69.7 cm³/mol. The molecule has 6 heteroatoms. The maximum absolute atomic E-state index is 11.6. The minimum absolute atomic E-state index is 0.0289. The maximum atomic E-state index is 11.6. The van der Waals surface area contributed by atoms with Gasteiger partial charge < -0.3 is 10.4 Å². The Bertz CT molecular complexity index is 238. The van der Waals surface area contributed by atoms with E-state index >= 15 is 0 Å². The van der Waals surface area contributed by atoms with Crippen molar-refractivity contribution in [1.29, 1.82) is 0 Å². The van der Waals surface area contributed by atoms with E-state index in [1.807, 2.05) is 0 Å². The van der Waals surface area contributed by atoms with Gasteiger partial charge in [-0.3, -0.25) is 9.59 Å². The van der Waals surface area contributed by atoms with E-state index in [2.05, 4.69) is 21.2 Å². The van der Waals surface area contributed by atoms with Crippen LogP contribution in [0.1, 0.15) is 20.3 Å². The smallest absolute Gasteiger partial charge is 0.216 e. The van der Waals surface area contributed by atoms with Crippen LogP contribution in [-0.2, 0) is 9.59 Å². The highest BCUT2D eigenvalue weighted by Crippen LogP contribution is 2.16. The molecule has 0 aromatic heterocycles. The number of hydrogen-bond acceptors (Lipinski definition) is 4. The molecule has 0 fully saturated rings. The van der Waals surface area contributed by atoms with E-state index in [1.54, 1.807) is 6.92 Å². The molecular weight excluding hydrogens is 294 g/mol. The van der Waals surface area contributed by atoms with Gasteiger partial charge in [-0.2, -0.15) is 0 Å². The molecule has 0 aromatic carbocycles. The Balaban J connectivity index is 3.74. The zero-order valence-electron chi connectivity index (χ0n) is 9.53. The van der Waals surface area contributed by atoms with Crippen molar-refractivity contribution < 1.29 is 14.7 Å². The van der Waals surface area contributed by atoms with Gasteiger partial charge in [0.15, 0.2) is 5.12 Å². The van der Waals surface area contributed by atoms with Crippen LogP contribution in [-0.4, -0.2) is 39.9 Å². The summed E-state index contributed by atoms with van der Waals surface area (Å²) in [4.78, 5) is 22.1. The third-order valence-corrected chi connectivity index (χ3v) is 3.60. The fraction of sp³-hybridized carbons (Fsp3) is 0.800. The Morgan fingerprint density at radius 3 is 2.62 bits per heavy atom. The normalized spacial score (nSPS) is 14.2. The van der Waals surface area contributed by atoms with Crippen LogP contribution in [0.3, 0.4) is 0 Å². The maximum Gasteiger partial charge on any atom is 0.216 e. The highest BCUT2D eigenvalue weighted by Gasteiger charge is 2.21. The van der Waals surface area contributed by atoms with Crippen LogP contribution in [0.2, 0.25) is 0 Å². The Morgan fingerprint density at radius 1 is 1.50 bits per heavy atom. The number of carbonyl (C=O) groups excluding carboxylic acids is 2. The van der Waals surface area contributed by atoms with Crippen molar-refractivity contribution in [1.82, 2.24) is 5.32 Å². The molecule has 0 spiro atoms. The first-order chi connectivity index (χ1) is 7.49. The first kappa shape index (κ1) is 15.9. The number of amides is 1. The van der Waals surface area contributed by atoms with Crippen LogP contribution in [0.25, 0.3) is 0 Å². The number of nitrogens with one attached hydrogen (secondary N) is 1. The lowest BCUT2D eigenvalue weighted by Crippen LogP contribution is -2.26. The van der Waals surface area contributed by atoms with Gasteiger partial charge in [-0.1, -0.05) is 34.6 Å². The quantitative estimate of drug-likeness (QED) is 0.547. The monoisotopic (exact) mass is 311 g/mol. The van der Waals surface area contributed by atoms with E-state index < -0.39 is 6.10 Å². The second kappa shape index (κ2) is 9.01. The number of thioether (sulfide) groups is 1. The fourth-order valence-electron chi connectivity index (χ4n) is 1.03. The number of aliphatic hydroxyl groups excluding tert-OH is 1. The molecule has 0 aliphatic carbocycles. The summed E-state index contributed by atoms with van der Waals surface area (Å²) < 4.78 is 0. The van der Waals surface area contributed by atoms with Crippen LogP contribution in [0.5, 0.6) is 0 Å². The summed E-state index contributed by atoms with van der Waals surface area (Å²) in [7, 11) is 0. The molecule has 0 unspecified atom stereocenters. The van der Waals surface area contributed by atoms with Crippen LogP contribution in [0.4, 0.5) is 0 Å². The van der Waals surface area contributed by atoms with E-state index in [-0.39, 0.29) is 16.9 Å². The van der Waals surface area contributed by atoms with E-state index in [0.717, 1.165) is 11.8 Å². The summed E-state index contributed by atoms with van der Waals surface area (Å²) in [6.07, 6.45) is -0.0285. The van der Waals surface area contributed by atoms with Crippen molar-refractivity contribution in [2.24, 2.45) is 5.92 Å². The standard InChI is InChI=1S/C10H18BrNO3S/c1-7(9(14)3-4-11)10(15)16-6-5-12-8(2)13/h7,9,14H,3-6H2,1-2H3,(H,12,13)/t7-,9+/m0/s1. The molecule has 94 valence electrons. The largest absolute Gasteiger partial charge is 0.392 e. The molecule has 0 saturated heterocycles. The van der Waals surface area contributed by atoms with Crippen molar-refractivity contribution in [2.45, 2.75) is 26.4 Å². The highest BCUT2D eigenvalue weighted by molar-refractivity contribution is 9.09. The Labute approximate surface area is 109 Å². The molecule has 0 bridgehead atoms. The third kappa shape index (κ3) is 7.24. The van der Waals surface area contributed by atoms with Gasteiger partial charge in [0.25, 0.3) is 0 Å². The topological polar surface area (TPSA) is 66.4 Å². The molecule has 0 radical (unpaired) electrons. The van der Waals surface area contributed by atoms with Gasteiger partial charge in [-0.25, -0.2) is 0 Å². The Morgan fingerprint density at radius 2 is 2.12 bits per heavy atom. The van der Waals surface area contributed by atoms with Gasteiger partial charge in [0.2, 0.25) is 5.91 Å². The van der Waals surface area contributed by atoms with Gasteiger partial charge >= 0.3 is 0 Å². The van der Waals surface area contributed by atoms with Crippen LogP contribution >= 0.6 is 27.7 Å². The summed E-state index contributed by atoms with van der Waals surface area (Å²) in [6.45, 7) is 3.64. The van der Waals surface area contributed by atoms with Crippen molar-refractivity contribution >= 4 is 38.7 Å². The molecule has 1 amide bonds. The zero-order valence-corrected chi connectivity index (χ0v) is 11.9. The molecule has 0 heterocycles. The summed E-state index contributed by atoms with van der Waals surface area (Å²) in [6, 6.07) is 0. The summed E-state index contributed by atoms with van der Waals surface area (Å²) in [5.41, 5.74) is 0. The molecule has 4 nitrogen and oxygen atoms in total. The van der Waals surface area contributed by atoms with Gasteiger partial charge in [-0.15, -0.1) is 0 Å². The summed E-state index contributed by atoms with van der Waals surface area (Å²) >= 11 is 4.37. The molecular formula is C10H18BrNO3S. The van der Waals surface area contributed by atoms with Crippen LogP contribution in [0.15, 0.2) is 0 Å². The lowest BCUT2D eigenvalue weighted by atomic mass is 10.1. The lowest BCUT2D eigenvalue weighted by Gasteiger charge is -2.16. The third-order valence-electron chi connectivity index (χ3n) is 2.07. The summed E-state index contributed by atoms with van der Waals surface area (Å²) in [5.74, 6) is 0.0874. The molecule has 0 aliphatic heterocycles.